The molecular weight excluding hydrogens is 927 g/mol. The van der Waals surface area contributed by atoms with Gasteiger partial charge in [0.25, 0.3) is 0 Å². The number of esters is 1. The van der Waals surface area contributed by atoms with Gasteiger partial charge in [0.15, 0.2) is 18.4 Å². The Morgan fingerprint density at radius 2 is 1.60 bits per heavy atom. The van der Waals surface area contributed by atoms with Crippen molar-refractivity contribution in [1.82, 2.24) is 5.32 Å². The Bertz CT molecular complexity index is 2140. The highest BCUT2D eigenvalue weighted by molar-refractivity contribution is 5.87. The van der Waals surface area contributed by atoms with Crippen molar-refractivity contribution in [2.45, 2.75) is 191 Å². The number of fused-ring (bicyclic) bond motifs is 2. The highest BCUT2D eigenvalue weighted by atomic mass is 16.7. The van der Waals surface area contributed by atoms with Crippen LogP contribution in [0, 0.1) is 23.7 Å². The van der Waals surface area contributed by atoms with Gasteiger partial charge in [-0.3, -0.25) is 4.79 Å². The van der Waals surface area contributed by atoms with Gasteiger partial charge >= 0.3 is 11.9 Å². The van der Waals surface area contributed by atoms with E-state index in [0.717, 1.165) is 12.0 Å². The Morgan fingerprint density at radius 1 is 0.903 bits per heavy atom. The Balaban J connectivity index is 0.000000761. The molecule has 1 spiro atoms. The zero-order valence-corrected chi connectivity index (χ0v) is 44.0. The number of aromatic carboxylic acids is 1. The van der Waals surface area contributed by atoms with Crippen LogP contribution in [0.5, 0.6) is 0 Å². The fraction of sp³-hybridized carbons (Fsp3) is 0.679. The Hall–Kier alpha value is -3.62. The van der Waals surface area contributed by atoms with Crippen LogP contribution >= 0.6 is 0 Å². The molecule has 1 aromatic carbocycles. The number of aliphatic hydroxyl groups is 2. The molecule has 20 atom stereocenters. The van der Waals surface area contributed by atoms with Gasteiger partial charge in [-0.1, -0.05) is 88.8 Å². The van der Waals surface area contributed by atoms with Crippen LogP contribution in [0.25, 0.3) is 0 Å². The summed E-state index contributed by atoms with van der Waals surface area (Å²) in [5.41, 5.74) is 0.511. The SMILES string of the molecule is CCC(C)[C@@H]1O[C@]2(C=CC1C)C[C@H]1C[C@@H](CC=C(C)C(O[C@H]3CC(OC)[C@H](OC4CC(OC)C(NC)C(C)O4)C(C)O3)C(C)C=CC=C3CO[C@H]4C(O)C(C)=C[C@@H](C(=O)O1)[C@]34O)O2.O=C(O)c1ccccc1. The van der Waals surface area contributed by atoms with Gasteiger partial charge in [-0.05, 0) is 82.0 Å². The van der Waals surface area contributed by atoms with Gasteiger partial charge in [0.05, 0.1) is 60.9 Å². The van der Waals surface area contributed by atoms with Gasteiger partial charge in [-0.25, -0.2) is 4.79 Å². The van der Waals surface area contributed by atoms with E-state index >= 15 is 0 Å². The molecule has 4 fully saturated rings. The largest absolute Gasteiger partial charge is 0.478 e. The first kappa shape index (κ1) is 56.1. The van der Waals surface area contributed by atoms with Crippen molar-refractivity contribution in [3.63, 3.8) is 0 Å². The molecule has 1 aliphatic carbocycles. The molecule has 0 saturated carbocycles. The number of rotatable bonds is 10. The monoisotopic (exact) mass is 1010 g/mol. The fourth-order valence-corrected chi connectivity index (χ4v) is 11.6. The third-order valence-electron chi connectivity index (χ3n) is 15.9. The predicted molar refractivity (Wildman–Crippen MR) is 268 cm³/mol. The number of carbonyl (C=O) groups is 2. The average Bonchev–Trinajstić information content (AvgIpc) is 3.70. The van der Waals surface area contributed by atoms with Crippen molar-refractivity contribution < 1.29 is 72.3 Å². The minimum Gasteiger partial charge on any atom is -0.478 e. The molecule has 72 heavy (non-hydrogen) atoms. The number of carboxylic acids is 1. The van der Waals surface area contributed by atoms with Gasteiger partial charge in [0, 0.05) is 51.7 Å². The first-order valence-corrected chi connectivity index (χ1v) is 26.0. The molecule has 2 bridgehead atoms. The Labute approximate surface area is 426 Å². The molecule has 7 aliphatic rings. The molecule has 0 amide bonds. The molecule has 0 aromatic heterocycles. The standard InChI is InChI=1S/C49H75NO13.C7H6O2/c1-12-26(2)44-29(5)18-19-48(63-44)24-35-21-34(62-48)17-16-28(4)43(27(3)14-13-15-33-25-56-46-42(51)30(6)20-36(47(52)59-35)49(33,46)53)60-40-23-38(55-11)45(32(8)58-40)61-39-22-37(54-10)41(50-9)31(7)57-39;8-7(9)6-4-2-1-3-5-6/h13-16,18-20,26-27,29,31-32,34-46,50-51,53H,12,17,21-25H2,1-11H3;1-5H,(H,8,9)/t26?,27?,29?,31?,32?,34-,35-,36+,37?,38?,39?,40+,41?,42?,43?,44+,45-,46+,48-,49-;/m1./s1. The van der Waals surface area contributed by atoms with Crippen LogP contribution in [-0.2, 0) is 52.2 Å². The third kappa shape index (κ3) is 12.4. The molecule has 11 unspecified atom stereocenters. The molecule has 6 heterocycles. The van der Waals surface area contributed by atoms with Gasteiger partial charge in [0.2, 0.25) is 0 Å². The molecular formula is C56H81NO15. The molecule has 400 valence electrons. The molecule has 6 aliphatic heterocycles. The average molecular weight is 1010 g/mol. The summed E-state index contributed by atoms with van der Waals surface area (Å²) in [6.45, 7) is 16.4. The number of allylic oxidation sites excluding steroid dienone is 2. The van der Waals surface area contributed by atoms with E-state index in [1.165, 1.54) is 0 Å². The first-order chi connectivity index (χ1) is 34.3. The lowest BCUT2D eigenvalue weighted by Crippen LogP contribution is -2.58. The number of carboxylic acid groups (broad SMARTS) is 1. The third-order valence-corrected chi connectivity index (χ3v) is 15.9. The summed E-state index contributed by atoms with van der Waals surface area (Å²) >= 11 is 0. The van der Waals surface area contributed by atoms with Crippen LogP contribution in [0.4, 0.5) is 0 Å². The lowest BCUT2D eigenvalue weighted by molar-refractivity contribution is -0.312. The number of hydrogen-bond acceptors (Lipinski definition) is 15. The molecule has 8 rings (SSSR count). The van der Waals surface area contributed by atoms with Crippen LogP contribution in [-0.4, -0.2) is 152 Å². The predicted octanol–water partition coefficient (Wildman–Crippen LogP) is 6.99. The Morgan fingerprint density at radius 3 is 2.26 bits per heavy atom. The number of carbonyl (C=O) groups excluding carboxylic acids is 1. The summed E-state index contributed by atoms with van der Waals surface area (Å²) in [7, 11) is 5.30. The second-order valence-corrected chi connectivity index (χ2v) is 21.0. The second-order valence-electron chi connectivity index (χ2n) is 21.0. The lowest BCUT2D eigenvalue weighted by atomic mass is 9.71. The normalized spacial score (nSPS) is 41.7. The van der Waals surface area contributed by atoms with E-state index < -0.39 is 72.3 Å². The van der Waals surface area contributed by atoms with Crippen molar-refractivity contribution in [2.75, 3.05) is 27.9 Å². The van der Waals surface area contributed by atoms with E-state index in [-0.39, 0.29) is 67.0 Å². The number of aliphatic hydroxyl groups excluding tert-OH is 1. The van der Waals surface area contributed by atoms with Crippen LogP contribution < -0.4 is 5.32 Å². The summed E-state index contributed by atoms with van der Waals surface area (Å²) < 4.78 is 64.6. The minimum absolute atomic E-state index is 0.0411. The van der Waals surface area contributed by atoms with E-state index in [9.17, 15) is 19.8 Å². The van der Waals surface area contributed by atoms with Crippen LogP contribution in [0.1, 0.15) is 104 Å². The van der Waals surface area contributed by atoms with Crippen LogP contribution in [0.3, 0.4) is 0 Å². The molecule has 4 N–H and O–H groups in total. The molecule has 16 heteroatoms. The molecule has 4 saturated heterocycles. The Kier molecular flexibility index (Phi) is 19.0. The van der Waals surface area contributed by atoms with E-state index in [1.54, 1.807) is 63.6 Å². The summed E-state index contributed by atoms with van der Waals surface area (Å²) in [6.07, 6.45) is 10.7. The summed E-state index contributed by atoms with van der Waals surface area (Å²) in [4.78, 5) is 24.6. The number of likely N-dealkylation sites (N-methyl/N-ethyl adjacent to an activating group) is 1. The summed E-state index contributed by atoms with van der Waals surface area (Å²) in [6, 6.07) is 8.34. The number of ether oxygens (including phenoxy) is 10. The highest BCUT2D eigenvalue weighted by Crippen LogP contribution is 2.47. The first-order valence-electron chi connectivity index (χ1n) is 26.0. The van der Waals surface area contributed by atoms with Gasteiger partial charge in [0.1, 0.15) is 35.9 Å². The smallest absolute Gasteiger partial charge is 0.335 e. The van der Waals surface area contributed by atoms with E-state index in [0.29, 0.717) is 48.8 Å². The molecule has 0 radical (unpaired) electrons. The minimum atomic E-state index is -1.83. The highest BCUT2D eigenvalue weighted by Gasteiger charge is 2.60. The van der Waals surface area contributed by atoms with Crippen LogP contribution in [0.2, 0.25) is 0 Å². The fourth-order valence-electron chi connectivity index (χ4n) is 11.6. The molecule has 16 nitrogen and oxygen atoms in total. The van der Waals surface area contributed by atoms with E-state index in [1.807, 2.05) is 39.1 Å². The molecule has 1 aromatic rings. The van der Waals surface area contributed by atoms with Crippen molar-refractivity contribution in [2.24, 2.45) is 23.7 Å². The number of benzene rings is 1. The number of methoxy groups -OCH3 is 2. The topological polar surface area (TPSA) is 199 Å². The van der Waals surface area contributed by atoms with E-state index in [4.69, 9.17) is 52.5 Å². The number of hydrogen-bond donors (Lipinski definition) is 4. The van der Waals surface area contributed by atoms with E-state index in [2.05, 4.69) is 52.1 Å². The summed E-state index contributed by atoms with van der Waals surface area (Å²) in [5.74, 6) is -3.39. The van der Waals surface area contributed by atoms with Gasteiger partial charge in [-0.15, -0.1) is 0 Å². The van der Waals surface area contributed by atoms with Crippen LogP contribution in [0.15, 0.2) is 89.6 Å². The van der Waals surface area contributed by atoms with Crippen molar-refractivity contribution in [3.05, 3.63) is 95.1 Å². The quantitative estimate of drug-likeness (QED) is 0.138. The van der Waals surface area contributed by atoms with Gasteiger partial charge < -0.3 is 68.0 Å². The maximum Gasteiger partial charge on any atom is 0.335 e. The maximum absolute atomic E-state index is 14.4. The van der Waals surface area contributed by atoms with Crippen molar-refractivity contribution in [1.29, 1.82) is 0 Å². The zero-order valence-electron chi connectivity index (χ0n) is 44.0. The maximum atomic E-state index is 14.4. The second kappa shape index (κ2) is 24.4. The number of nitrogens with one attached hydrogen (secondary N) is 1. The van der Waals surface area contributed by atoms with Crippen molar-refractivity contribution >= 4 is 11.9 Å². The summed E-state index contributed by atoms with van der Waals surface area (Å²) in [5, 5.41) is 35.4. The van der Waals surface area contributed by atoms with Gasteiger partial charge in [-0.2, -0.15) is 0 Å². The van der Waals surface area contributed by atoms with Crippen molar-refractivity contribution in [3.8, 4) is 0 Å². The lowest BCUT2D eigenvalue weighted by Gasteiger charge is -2.48. The zero-order chi connectivity index (χ0) is 52.1.